The van der Waals surface area contributed by atoms with E-state index in [0.717, 1.165) is 32.1 Å². The molecule has 1 N–H and O–H groups in total. The molecular formula is C13H25NO2. The van der Waals surface area contributed by atoms with E-state index in [1.807, 2.05) is 0 Å². The number of hydrogen-bond donors (Lipinski definition) is 1. The van der Waals surface area contributed by atoms with E-state index >= 15 is 0 Å². The van der Waals surface area contributed by atoms with Crippen LogP contribution in [0.2, 0.25) is 0 Å². The SMILES string of the molecule is CCC1CCN(CC2(CO)CCOC2)CC1. The Bertz CT molecular complexity index is 206. The molecule has 0 aromatic rings. The average molecular weight is 227 g/mol. The van der Waals surface area contributed by atoms with Crippen LogP contribution in [-0.4, -0.2) is 49.5 Å². The van der Waals surface area contributed by atoms with E-state index in [1.54, 1.807) is 0 Å². The van der Waals surface area contributed by atoms with Gasteiger partial charge in [-0.1, -0.05) is 13.3 Å². The van der Waals surface area contributed by atoms with Crippen molar-refractivity contribution in [2.45, 2.75) is 32.6 Å². The second-order valence-electron chi connectivity index (χ2n) is 5.59. The molecule has 2 saturated heterocycles. The molecule has 2 fully saturated rings. The first kappa shape index (κ1) is 12.3. The molecule has 94 valence electrons. The van der Waals surface area contributed by atoms with E-state index in [2.05, 4.69) is 11.8 Å². The van der Waals surface area contributed by atoms with Crippen LogP contribution in [0.4, 0.5) is 0 Å². The van der Waals surface area contributed by atoms with Gasteiger partial charge in [0.2, 0.25) is 0 Å². The van der Waals surface area contributed by atoms with Crippen LogP contribution >= 0.6 is 0 Å². The largest absolute Gasteiger partial charge is 0.396 e. The standard InChI is InChI=1S/C13H25NO2/c1-2-12-3-6-14(7-4-12)9-13(10-15)5-8-16-11-13/h12,15H,2-11H2,1H3. The highest BCUT2D eigenvalue weighted by atomic mass is 16.5. The Kier molecular flexibility index (Phi) is 4.22. The summed E-state index contributed by atoms with van der Waals surface area (Å²) in [6.07, 6.45) is 5.01. The van der Waals surface area contributed by atoms with Crippen LogP contribution < -0.4 is 0 Å². The molecule has 0 spiro atoms. The molecule has 0 saturated carbocycles. The molecule has 0 amide bonds. The second-order valence-corrected chi connectivity index (χ2v) is 5.59. The van der Waals surface area contributed by atoms with E-state index in [1.165, 1.54) is 32.4 Å². The maximum Gasteiger partial charge on any atom is 0.0557 e. The number of rotatable bonds is 4. The van der Waals surface area contributed by atoms with Crippen LogP contribution in [0.25, 0.3) is 0 Å². The average Bonchev–Trinajstić information content (AvgIpc) is 2.79. The third-order valence-electron chi connectivity index (χ3n) is 4.36. The Morgan fingerprint density at radius 3 is 2.62 bits per heavy atom. The van der Waals surface area contributed by atoms with E-state index in [4.69, 9.17) is 4.74 Å². The molecule has 3 heteroatoms. The maximum absolute atomic E-state index is 9.54. The van der Waals surface area contributed by atoms with Gasteiger partial charge < -0.3 is 14.7 Å². The number of piperidine rings is 1. The molecule has 2 aliphatic rings. The number of aliphatic hydroxyl groups excluding tert-OH is 1. The first-order valence-electron chi connectivity index (χ1n) is 6.69. The molecule has 1 unspecified atom stereocenters. The highest BCUT2D eigenvalue weighted by Crippen LogP contribution is 2.31. The van der Waals surface area contributed by atoms with Gasteiger partial charge in [0, 0.05) is 18.6 Å². The van der Waals surface area contributed by atoms with Crippen LogP contribution in [0.1, 0.15) is 32.6 Å². The second kappa shape index (κ2) is 5.48. The quantitative estimate of drug-likeness (QED) is 0.790. The molecule has 0 radical (unpaired) electrons. The Hall–Kier alpha value is -0.120. The van der Waals surface area contributed by atoms with Gasteiger partial charge in [0.05, 0.1) is 13.2 Å². The molecule has 2 heterocycles. The third-order valence-corrected chi connectivity index (χ3v) is 4.36. The smallest absolute Gasteiger partial charge is 0.0557 e. The minimum absolute atomic E-state index is 0.0407. The number of likely N-dealkylation sites (tertiary alicyclic amines) is 1. The number of nitrogens with zero attached hydrogens (tertiary/aromatic N) is 1. The minimum Gasteiger partial charge on any atom is -0.396 e. The number of hydrogen-bond acceptors (Lipinski definition) is 3. The molecule has 3 nitrogen and oxygen atoms in total. The van der Waals surface area contributed by atoms with Crippen LogP contribution in [-0.2, 0) is 4.74 Å². The summed E-state index contributed by atoms with van der Waals surface area (Å²) in [6, 6.07) is 0. The fourth-order valence-electron chi connectivity index (χ4n) is 2.98. The summed E-state index contributed by atoms with van der Waals surface area (Å²) in [7, 11) is 0. The summed E-state index contributed by atoms with van der Waals surface area (Å²) in [5, 5.41) is 9.54. The van der Waals surface area contributed by atoms with Crippen molar-refractivity contribution in [3.05, 3.63) is 0 Å². The third kappa shape index (κ3) is 2.76. The van der Waals surface area contributed by atoms with Gasteiger partial charge in [-0.25, -0.2) is 0 Å². The van der Waals surface area contributed by atoms with Gasteiger partial charge in [-0.15, -0.1) is 0 Å². The summed E-state index contributed by atoms with van der Waals surface area (Å²) in [5.41, 5.74) is 0.0407. The molecule has 2 rings (SSSR count). The topological polar surface area (TPSA) is 32.7 Å². The van der Waals surface area contributed by atoms with Crippen LogP contribution in [0.15, 0.2) is 0 Å². The zero-order valence-electron chi connectivity index (χ0n) is 10.5. The lowest BCUT2D eigenvalue weighted by Crippen LogP contribution is -2.44. The Morgan fingerprint density at radius 2 is 2.12 bits per heavy atom. The first-order valence-corrected chi connectivity index (χ1v) is 6.69. The van der Waals surface area contributed by atoms with Crippen molar-refractivity contribution < 1.29 is 9.84 Å². The van der Waals surface area contributed by atoms with Crippen LogP contribution in [0.5, 0.6) is 0 Å². The summed E-state index contributed by atoms with van der Waals surface area (Å²) in [5.74, 6) is 0.932. The minimum atomic E-state index is 0.0407. The summed E-state index contributed by atoms with van der Waals surface area (Å²) >= 11 is 0. The monoisotopic (exact) mass is 227 g/mol. The van der Waals surface area contributed by atoms with E-state index in [-0.39, 0.29) is 12.0 Å². The molecule has 16 heavy (non-hydrogen) atoms. The lowest BCUT2D eigenvalue weighted by Gasteiger charge is -2.37. The summed E-state index contributed by atoms with van der Waals surface area (Å²) < 4.78 is 5.45. The Balaban J connectivity index is 1.81. The molecule has 0 aromatic heterocycles. The predicted molar refractivity (Wildman–Crippen MR) is 64.4 cm³/mol. The van der Waals surface area contributed by atoms with E-state index in [9.17, 15) is 5.11 Å². The summed E-state index contributed by atoms with van der Waals surface area (Å²) in [4.78, 5) is 2.52. The predicted octanol–water partition coefficient (Wildman–Crippen LogP) is 1.51. The molecule has 0 aromatic carbocycles. The van der Waals surface area contributed by atoms with Crippen molar-refractivity contribution in [2.24, 2.45) is 11.3 Å². The van der Waals surface area contributed by atoms with Gasteiger partial charge in [-0.2, -0.15) is 0 Å². The Labute approximate surface area is 98.8 Å². The zero-order chi connectivity index (χ0) is 11.4. The van der Waals surface area contributed by atoms with Crippen molar-refractivity contribution in [3.8, 4) is 0 Å². The highest BCUT2D eigenvalue weighted by Gasteiger charge is 2.36. The van der Waals surface area contributed by atoms with Gasteiger partial charge >= 0.3 is 0 Å². The van der Waals surface area contributed by atoms with Gasteiger partial charge in [-0.05, 0) is 38.3 Å². The highest BCUT2D eigenvalue weighted by molar-refractivity contribution is 4.87. The lowest BCUT2D eigenvalue weighted by molar-refractivity contribution is 0.0441. The van der Waals surface area contributed by atoms with Crippen LogP contribution in [0, 0.1) is 11.3 Å². The fraction of sp³-hybridized carbons (Fsp3) is 1.00. The van der Waals surface area contributed by atoms with Gasteiger partial charge in [0.1, 0.15) is 0 Å². The van der Waals surface area contributed by atoms with Crippen molar-refractivity contribution in [1.29, 1.82) is 0 Å². The van der Waals surface area contributed by atoms with Crippen molar-refractivity contribution in [2.75, 3.05) is 39.5 Å². The molecular weight excluding hydrogens is 202 g/mol. The van der Waals surface area contributed by atoms with Crippen molar-refractivity contribution in [3.63, 3.8) is 0 Å². The van der Waals surface area contributed by atoms with Gasteiger partial charge in [-0.3, -0.25) is 0 Å². The lowest BCUT2D eigenvalue weighted by atomic mass is 9.86. The van der Waals surface area contributed by atoms with Gasteiger partial charge in [0.25, 0.3) is 0 Å². The zero-order valence-corrected chi connectivity index (χ0v) is 10.5. The number of aliphatic hydroxyl groups is 1. The molecule has 0 aliphatic carbocycles. The first-order chi connectivity index (χ1) is 7.78. The molecule has 1 atom stereocenters. The van der Waals surface area contributed by atoms with E-state index in [0.29, 0.717) is 0 Å². The van der Waals surface area contributed by atoms with Gasteiger partial charge in [0.15, 0.2) is 0 Å². The van der Waals surface area contributed by atoms with Crippen molar-refractivity contribution >= 4 is 0 Å². The van der Waals surface area contributed by atoms with Crippen LogP contribution in [0.3, 0.4) is 0 Å². The van der Waals surface area contributed by atoms with Crippen molar-refractivity contribution in [1.82, 2.24) is 4.90 Å². The molecule has 0 bridgehead atoms. The maximum atomic E-state index is 9.54. The Morgan fingerprint density at radius 1 is 1.38 bits per heavy atom. The normalized spacial score (nSPS) is 33.4. The summed E-state index contributed by atoms with van der Waals surface area (Å²) in [6.45, 7) is 7.59. The van der Waals surface area contributed by atoms with E-state index < -0.39 is 0 Å². The number of ether oxygens (including phenoxy) is 1. The fourth-order valence-corrected chi connectivity index (χ4v) is 2.98. The molecule has 2 aliphatic heterocycles.